The maximum atomic E-state index is 14.1. The van der Waals surface area contributed by atoms with Crippen LogP contribution in [-0.4, -0.2) is 71.6 Å². The first-order valence-corrected chi connectivity index (χ1v) is 17.3. The Kier molecular flexibility index (Phi) is 12.8. The fourth-order valence-corrected chi connectivity index (χ4v) is 6.15. The Hall–Kier alpha value is -4.17. The molecule has 4 rings (SSSR count). The van der Waals surface area contributed by atoms with Crippen molar-refractivity contribution in [2.45, 2.75) is 72.9 Å². The molecule has 4 aromatic rings. The molecule has 1 amide bonds. The van der Waals surface area contributed by atoms with Crippen molar-refractivity contribution in [3.8, 4) is 0 Å². The van der Waals surface area contributed by atoms with Crippen molar-refractivity contribution in [1.82, 2.24) is 19.4 Å². The SMILES string of the molecule is COC(=O)c1ccc(CNc2nc3ccc(C(C)(C)C(=O)N(CC(C)C)CC(C)C)cc3n2CCCN(C)CCc2ccccc2)cc1. The number of anilines is 1. The van der Waals surface area contributed by atoms with E-state index in [9.17, 15) is 9.59 Å². The average molecular weight is 654 g/mol. The van der Waals surface area contributed by atoms with Gasteiger partial charge in [-0.1, -0.05) is 76.2 Å². The van der Waals surface area contributed by atoms with Gasteiger partial charge in [0, 0.05) is 32.7 Å². The van der Waals surface area contributed by atoms with Crippen molar-refractivity contribution in [3.05, 3.63) is 95.1 Å². The van der Waals surface area contributed by atoms with Gasteiger partial charge in [0.2, 0.25) is 11.9 Å². The zero-order chi connectivity index (χ0) is 34.8. The minimum atomic E-state index is -0.695. The third-order valence-corrected chi connectivity index (χ3v) is 8.84. The lowest BCUT2D eigenvalue weighted by atomic mass is 9.82. The van der Waals surface area contributed by atoms with Crippen molar-refractivity contribution in [2.75, 3.05) is 45.7 Å². The summed E-state index contributed by atoms with van der Waals surface area (Å²) in [7, 11) is 3.57. The van der Waals surface area contributed by atoms with E-state index in [0.29, 0.717) is 23.9 Å². The Balaban J connectivity index is 1.58. The maximum absolute atomic E-state index is 14.1. The van der Waals surface area contributed by atoms with E-state index in [4.69, 9.17) is 9.72 Å². The van der Waals surface area contributed by atoms with Crippen molar-refractivity contribution < 1.29 is 14.3 Å². The summed E-state index contributed by atoms with van der Waals surface area (Å²) in [4.78, 5) is 35.4. The number of benzene rings is 3. The van der Waals surface area contributed by atoms with Crippen LogP contribution in [0.4, 0.5) is 5.95 Å². The number of carbonyl (C=O) groups is 2. The molecule has 0 atom stereocenters. The number of amides is 1. The number of nitrogens with zero attached hydrogens (tertiary/aromatic N) is 4. The molecule has 258 valence electrons. The summed E-state index contributed by atoms with van der Waals surface area (Å²) in [5.41, 5.74) is 5.11. The molecule has 8 nitrogen and oxygen atoms in total. The van der Waals surface area contributed by atoms with Gasteiger partial charge in [-0.3, -0.25) is 4.79 Å². The smallest absolute Gasteiger partial charge is 0.337 e. The first-order valence-electron chi connectivity index (χ1n) is 17.3. The van der Waals surface area contributed by atoms with Gasteiger partial charge in [0.25, 0.3) is 0 Å². The van der Waals surface area contributed by atoms with E-state index in [0.717, 1.165) is 73.7 Å². The molecule has 48 heavy (non-hydrogen) atoms. The fourth-order valence-electron chi connectivity index (χ4n) is 6.15. The molecule has 0 aliphatic carbocycles. The van der Waals surface area contributed by atoms with Crippen LogP contribution in [0.25, 0.3) is 11.0 Å². The van der Waals surface area contributed by atoms with E-state index in [1.807, 2.05) is 36.9 Å². The molecule has 3 aromatic carbocycles. The van der Waals surface area contributed by atoms with Gasteiger partial charge in [0.05, 0.1) is 29.1 Å². The zero-order valence-electron chi connectivity index (χ0n) is 30.3. The largest absolute Gasteiger partial charge is 0.465 e. The van der Waals surface area contributed by atoms with Crippen LogP contribution in [0, 0.1) is 11.8 Å². The molecule has 1 heterocycles. The highest BCUT2D eigenvalue weighted by Crippen LogP contribution is 2.31. The lowest BCUT2D eigenvalue weighted by molar-refractivity contribution is -0.137. The molecule has 0 aliphatic rings. The minimum absolute atomic E-state index is 0.157. The molecule has 1 aromatic heterocycles. The van der Waals surface area contributed by atoms with Crippen LogP contribution < -0.4 is 5.32 Å². The Labute approximate surface area is 287 Å². The molecule has 8 heteroatoms. The van der Waals surface area contributed by atoms with Gasteiger partial charge in [0.15, 0.2) is 0 Å². The van der Waals surface area contributed by atoms with Gasteiger partial charge in [-0.15, -0.1) is 0 Å². The highest BCUT2D eigenvalue weighted by atomic mass is 16.5. The van der Waals surface area contributed by atoms with Crippen LogP contribution in [0.1, 0.15) is 75.0 Å². The number of aromatic nitrogens is 2. The number of fused-ring (bicyclic) bond motifs is 1. The number of esters is 1. The number of aryl methyl sites for hydroxylation is 1. The summed E-state index contributed by atoms with van der Waals surface area (Å²) in [5.74, 6) is 1.38. The first-order chi connectivity index (χ1) is 22.9. The van der Waals surface area contributed by atoms with E-state index in [-0.39, 0.29) is 11.9 Å². The zero-order valence-corrected chi connectivity index (χ0v) is 30.3. The Morgan fingerprint density at radius 3 is 2.19 bits per heavy atom. The predicted octanol–water partition coefficient (Wildman–Crippen LogP) is 7.42. The van der Waals surface area contributed by atoms with Gasteiger partial charge in [-0.05, 0) is 93.1 Å². The summed E-state index contributed by atoms with van der Waals surface area (Å²) in [6.45, 7) is 17.5. The van der Waals surface area contributed by atoms with E-state index in [1.165, 1.54) is 12.7 Å². The quantitative estimate of drug-likeness (QED) is 0.120. The molecular weight excluding hydrogens is 598 g/mol. The molecule has 0 radical (unpaired) electrons. The lowest BCUT2D eigenvalue weighted by Crippen LogP contribution is -2.46. The summed E-state index contributed by atoms with van der Waals surface area (Å²) in [5, 5.41) is 3.56. The van der Waals surface area contributed by atoms with E-state index in [1.54, 1.807) is 12.1 Å². The summed E-state index contributed by atoms with van der Waals surface area (Å²) in [6, 6.07) is 24.3. The highest BCUT2D eigenvalue weighted by molar-refractivity contribution is 5.90. The number of likely N-dealkylation sites (N-methyl/N-ethyl adjacent to an activating group) is 1. The van der Waals surface area contributed by atoms with E-state index >= 15 is 0 Å². The molecule has 0 bridgehead atoms. The van der Waals surface area contributed by atoms with Crippen LogP contribution in [-0.2, 0) is 34.5 Å². The Bertz CT molecular complexity index is 1620. The molecule has 0 unspecified atom stereocenters. The summed E-state index contributed by atoms with van der Waals surface area (Å²) < 4.78 is 7.10. The number of hydrogen-bond acceptors (Lipinski definition) is 6. The molecule has 0 spiro atoms. The van der Waals surface area contributed by atoms with Crippen LogP contribution in [0.2, 0.25) is 0 Å². The molecule has 0 aliphatic heterocycles. The molecule has 0 saturated carbocycles. The Morgan fingerprint density at radius 1 is 0.896 bits per heavy atom. The van der Waals surface area contributed by atoms with Crippen LogP contribution >= 0.6 is 0 Å². The summed E-state index contributed by atoms with van der Waals surface area (Å²) >= 11 is 0. The molecular formula is C40H55N5O3. The number of ether oxygens (including phenoxy) is 1. The summed E-state index contributed by atoms with van der Waals surface area (Å²) in [6.07, 6.45) is 1.96. The van der Waals surface area contributed by atoms with Crippen LogP contribution in [0.15, 0.2) is 72.8 Å². The number of nitrogens with one attached hydrogen (secondary N) is 1. The molecule has 1 N–H and O–H groups in total. The number of methoxy groups -OCH3 is 1. The van der Waals surface area contributed by atoms with Gasteiger partial charge in [0.1, 0.15) is 0 Å². The number of carbonyl (C=O) groups excluding carboxylic acids is 2. The van der Waals surface area contributed by atoms with Gasteiger partial charge in [-0.25, -0.2) is 9.78 Å². The first kappa shape index (κ1) is 36.7. The standard InChI is InChI=1S/C40H55N5O3/c1-29(2)27-44(28-30(3)4)38(47)40(5,6)34-19-20-35-36(25-34)45(23-12-22-43(7)24-21-31-13-10-9-11-14-31)39(42-35)41-26-32-15-17-33(18-16-32)37(46)48-8/h9-11,13-20,25,29-30H,12,21-24,26-28H2,1-8H3,(H,41,42). The number of imidazole rings is 1. The van der Waals surface area contributed by atoms with Crippen molar-refractivity contribution in [2.24, 2.45) is 11.8 Å². The van der Waals surface area contributed by atoms with Crippen molar-refractivity contribution >= 4 is 28.9 Å². The average Bonchev–Trinajstić information content (AvgIpc) is 3.42. The third-order valence-electron chi connectivity index (χ3n) is 8.84. The number of hydrogen-bond donors (Lipinski definition) is 1. The normalized spacial score (nSPS) is 11.9. The maximum Gasteiger partial charge on any atom is 0.337 e. The van der Waals surface area contributed by atoms with Gasteiger partial charge < -0.3 is 24.4 Å². The third kappa shape index (κ3) is 9.69. The van der Waals surface area contributed by atoms with Crippen molar-refractivity contribution in [1.29, 1.82) is 0 Å². The van der Waals surface area contributed by atoms with Crippen LogP contribution in [0.5, 0.6) is 0 Å². The second-order valence-electron chi connectivity index (χ2n) is 14.3. The van der Waals surface area contributed by atoms with Crippen LogP contribution in [0.3, 0.4) is 0 Å². The van der Waals surface area contributed by atoms with Gasteiger partial charge >= 0.3 is 5.97 Å². The molecule has 0 fully saturated rings. The van der Waals surface area contributed by atoms with E-state index in [2.05, 4.69) is 92.0 Å². The monoisotopic (exact) mass is 653 g/mol. The topological polar surface area (TPSA) is 79.7 Å². The van der Waals surface area contributed by atoms with Gasteiger partial charge in [-0.2, -0.15) is 0 Å². The Morgan fingerprint density at radius 2 is 1.56 bits per heavy atom. The van der Waals surface area contributed by atoms with Crippen molar-refractivity contribution in [3.63, 3.8) is 0 Å². The minimum Gasteiger partial charge on any atom is -0.465 e. The highest BCUT2D eigenvalue weighted by Gasteiger charge is 2.35. The molecule has 0 saturated heterocycles. The number of rotatable bonds is 17. The lowest BCUT2D eigenvalue weighted by Gasteiger charge is -2.34. The fraction of sp³-hybridized carbons (Fsp3) is 0.475. The second-order valence-corrected chi connectivity index (χ2v) is 14.3. The second kappa shape index (κ2) is 16.8. The predicted molar refractivity (Wildman–Crippen MR) is 196 cm³/mol. The van der Waals surface area contributed by atoms with E-state index < -0.39 is 5.41 Å².